The van der Waals surface area contributed by atoms with Gasteiger partial charge < -0.3 is 9.88 Å². The third-order valence-electron chi connectivity index (χ3n) is 4.67. The van der Waals surface area contributed by atoms with Crippen molar-refractivity contribution in [2.45, 2.75) is 12.7 Å². The predicted molar refractivity (Wildman–Crippen MR) is 104 cm³/mol. The number of aromatic nitrogens is 1. The lowest BCUT2D eigenvalue weighted by Crippen LogP contribution is -2.30. The minimum atomic E-state index is -4.46. The van der Waals surface area contributed by atoms with Gasteiger partial charge in [0.05, 0.1) is 12.1 Å². The quantitative estimate of drug-likeness (QED) is 0.504. The maximum atomic E-state index is 13.0. The van der Waals surface area contributed by atoms with Gasteiger partial charge in [-0.25, -0.2) is 4.79 Å². The number of hydrogen-bond acceptors (Lipinski definition) is 2. The lowest BCUT2D eigenvalue weighted by molar-refractivity contribution is -0.137. The van der Waals surface area contributed by atoms with Gasteiger partial charge in [-0.05, 0) is 42.0 Å². The molecular weight excluding hydrogens is 395 g/mol. The fraction of sp³-hybridized carbons (Fsp3) is 0.0909. The number of rotatable bonds is 4. The number of alkyl halides is 3. The van der Waals surface area contributed by atoms with Gasteiger partial charge in [0.2, 0.25) is 0 Å². The van der Waals surface area contributed by atoms with E-state index in [1.54, 1.807) is 30.5 Å². The molecule has 8 heteroatoms. The number of carbonyl (C=O) groups is 2. The molecule has 0 bridgehead atoms. The van der Waals surface area contributed by atoms with E-state index in [4.69, 9.17) is 0 Å². The molecule has 2 heterocycles. The van der Waals surface area contributed by atoms with Gasteiger partial charge in [0.15, 0.2) is 0 Å². The van der Waals surface area contributed by atoms with Crippen molar-refractivity contribution in [1.29, 1.82) is 0 Å². The van der Waals surface area contributed by atoms with E-state index in [1.165, 1.54) is 22.8 Å². The van der Waals surface area contributed by atoms with Gasteiger partial charge in [-0.3, -0.25) is 9.69 Å². The minimum Gasteiger partial charge on any atom is -0.317 e. The molecule has 4 rings (SSSR count). The van der Waals surface area contributed by atoms with Gasteiger partial charge in [0.1, 0.15) is 5.70 Å². The second-order valence-corrected chi connectivity index (χ2v) is 6.72. The number of nitrogens with one attached hydrogen (secondary N) is 1. The Balaban J connectivity index is 1.62. The largest absolute Gasteiger partial charge is 0.416 e. The Labute approximate surface area is 170 Å². The summed E-state index contributed by atoms with van der Waals surface area (Å²) < 4.78 is 40.6. The Morgan fingerprint density at radius 3 is 2.43 bits per heavy atom. The molecule has 1 N–H and O–H groups in total. The topological polar surface area (TPSA) is 54.3 Å². The van der Waals surface area contributed by atoms with Gasteiger partial charge in [0, 0.05) is 17.6 Å². The monoisotopic (exact) mass is 411 g/mol. The molecule has 5 nitrogen and oxygen atoms in total. The average Bonchev–Trinajstić information content (AvgIpc) is 3.28. The summed E-state index contributed by atoms with van der Waals surface area (Å²) in [7, 11) is 0. The van der Waals surface area contributed by atoms with E-state index >= 15 is 0 Å². The molecule has 1 aromatic heterocycles. The van der Waals surface area contributed by atoms with Crippen LogP contribution in [-0.4, -0.2) is 21.4 Å². The molecule has 0 spiro atoms. The third kappa shape index (κ3) is 3.84. The van der Waals surface area contributed by atoms with Crippen molar-refractivity contribution < 1.29 is 22.8 Å². The van der Waals surface area contributed by atoms with Crippen molar-refractivity contribution in [3.8, 4) is 5.69 Å². The number of imide groups is 1. The van der Waals surface area contributed by atoms with Crippen LogP contribution in [-0.2, 0) is 17.5 Å². The summed E-state index contributed by atoms with van der Waals surface area (Å²) in [6.45, 7) is 0.123. The van der Waals surface area contributed by atoms with Crippen LogP contribution in [0, 0.1) is 0 Å². The molecule has 0 aliphatic carbocycles. The number of hydrogen-bond donors (Lipinski definition) is 1. The van der Waals surface area contributed by atoms with E-state index in [0.717, 1.165) is 22.6 Å². The molecule has 30 heavy (non-hydrogen) atoms. The van der Waals surface area contributed by atoms with Crippen LogP contribution >= 0.6 is 0 Å². The highest BCUT2D eigenvalue weighted by molar-refractivity contribution is 6.13. The first-order valence-corrected chi connectivity index (χ1v) is 9.06. The van der Waals surface area contributed by atoms with Crippen LogP contribution in [0.1, 0.15) is 16.8 Å². The molecule has 1 fully saturated rings. The van der Waals surface area contributed by atoms with Crippen LogP contribution in [0.4, 0.5) is 18.0 Å². The molecule has 0 atom stereocenters. The third-order valence-corrected chi connectivity index (χ3v) is 4.67. The van der Waals surface area contributed by atoms with Crippen LogP contribution < -0.4 is 5.32 Å². The standard InChI is InChI=1S/C22H16F3N3O2/c23-22(24,25)16-8-4-9-17(12-16)27-11-5-10-18(27)13-19-20(29)28(21(30)26-19)14-15-6-2-1-3-7-15/h1-13H,14H2,(H,26,30)/b19-13+. The van der Waals surface area contributed by atoms with Crippen molar-refractivity contribution in [1.82, 2.24) is 14.8 Å². The van der Waals surface area contributed by atoms with Crippen molar-refractivity contribution in [3.63, 3.8) is 0 Å². The van der Waals surface area contributed by atoms with E-state index < -0.39 is 23.7 Å². The SMILES string of the molecule is O=C1N/C(=C/c2cccn2-c2cccc(C(F)(F)F)c2)C(=O)N1Cc1ccccc1. The summed E-state index contributed by atoms with van der Waals surface area (Å²) in [6.07, 6.45) is -1.43. The van der Waals surface area contributed by atoms with E-state index in [9.17, 15) is 22.8 Å². The summed E-state index contributed by atoms with van der Waals surface area (Å²) in [5.74, 6) is -0.499. The smallest absolute Gasteiger partial charge is 0.317 e. The molecule has 1 saturated heterocycles. The number of carbonyl (C=O) groups excluding carboxylic acids is 2. The maximum absolute atomic E-state index is 13.0. The Hall–Kier alpha value is -3.81. The average molecular weight is 411 g/mol. The van der Waals surface area contributed by atoms with Crippen LogP contribution in [0.5, 0.6) is 0 Å². The highest BCUT2D eigenvalue weighted by Crippen LogP contribution is 2.31. The van der Waals surface area contributed by atoms with Crippen LogP contribution in [0.2, 0.25) is 0 Å². The summed E-state index contributed by atoms with van der Waals surface area (Å²) in [4.78, 5) is 26.0. The van der Waals surface area contributed by atoms with E-state index in [0.29, 0.717) is 11.4 Å². The summed E-state index contributed by atoms with van der Waals surface area (Å²) in [5, 5.41) is 2.53. The zero-order valence-electron chi connectivity index (χ0n) is 15.6. The maximum Gasteiger partial charge on any atom is 0.416 e. The first-order chi connectivity index (χ1) is 14.3. The lowest BCUT2D eigenvalue weighted by Gasteiger charge is -2.12. The van der Waals surface area contributed by atoms with Crippen molar-refractivity contribution in [3.05, 3.63) is 95.4 Å². The van der Waals surface area contributed by atoms with Gasteiger partial charge in [-0.2, -0.15) is 13.2 Å². The second-order valence-electron chi connectivity index (χ2n) is 6.72. The Bertz CT molecular complexity index is 1130. The van der Waals surface area contributed by atoms with Gasteiger partial charge in [-0.15, -0.1) is 0 Å². The highest BCUT2D eigenvalue weighted by atomic mass is 19.4. The van der Waals surface area contributed by atoms with Gasteiger partial charge in [0.25, 0.3) is 5.91 Å². The number of nitrogens with zero attached hydrogens (tertiary/aromatic N) is 2. The Morgan fingerprint density at radius 1 is 0.933 bits per heavy atom. The van der Waals surface area contributed by atoms with Crippen LogP contribution in [0.15, 0.2) is 78.6 Å². The summed E-state index contributed by atoms with van der Waals surface area (Å²) in [6, 6.07) is 16.7. The zero-order chi connectivity index (χ0) is 21.3. The van der Waals surface area contributed by atoms with Crippen LogP contribution in [0.25, 0.3) is 11.8 Å². The predicted octanol–water partition coefficient (Wildman–Crippen LogP) is 4.59. The first-order valence-electron chi connectivity index (χ1n) is 9.06. The molecule has 1 aliphatic rings. The number of benzene rings is 2. The van der Waals surface area contributed by atoms with Gasteiger partial charge in [-0.1, -0.05) is 36.4 Å². The molecular formula is C22H16F3N3O2. The van der Waals surface area contributed by atoms with Crippen molar-refractivity contribution in [2.75, 3.05) is 0 Å². The number of urea groups is 1. The molecule has 3 amide bonds. The fourth-order valence-corrected chi connectivity index (χ4v) is 3.21. The lowest BCUT2D eigenvalue weighted by atomic mass is 10.2. The van der Waals surface area contributed by atoms with Crippen molar-refractivity contribution in [2.24, 2.45) is 0 Å². The Kier molecular flexibility index (Phi) is 4.91. The summed E-state index contributed by atoms with van der Waals surface area (Å²) >= 11 is 0. The number of halogens is 3. The zero-order valence-corrected chi connectivity index (χ0v) is 15.6. The van der Waals surface area contributed by atoms with Crippen LogP contribution in [0.3, 0.4) is 0 Å². The number of amides is 3. The molecule has 0 radical (unpaired) electrons. The summed E-state index contributed by atoms with van der Waals surface area (Å²) in [5.41, 5.74) is 0.836. The molecule has 0 saturated carbocycles. The Morgan fingerprint density at radius 2 is 1.70 bits per heavy atom. The van der Waals surface area contributed by atoms with E-state index in [-0.39, 0.29) is 12.2 Å². The van der Waals surface area contributed by atoms with Gasteiger partial charge >= 0.3 is 12.2 Å². The second kappa shape index (κ2) is 7.55. The molecule has 2 aromatic carbocycles. The highest BCUT2D eigenvalue weighted by Gasteiger charge is 2.34. The van der Waals surface area contributed by atoms with E-state index in [2.05, 4.69) is 5.32 Å². The molecule has 3 aromatic rings. The molecule has 1 aliphatic heterocycles. The molecule has 152 valence electrons. The fourth-order valence-electron chi connectivity index (χ4n) is 3.21. The molecule has 0 unspecified atom stereocenters. The first kappa shape index (κ1) is 19.5. The van der Waals surface area contributed by atoms with E-state index in [1.807, 2.05) is 18.2 Å². The minimum absolute atomic E-state index is 0.0582. The normalized spacial score (nSPS) is 15.7. The van der Waals surface area contributed by atoms with Crippen molar-refractivity contribution >= 4 is 18.0 Å².